The fourth-order valence-electron chi connectivity index (χ4n) is 2.64. The van der Waals surface area contributed by atoms with Gasteiger partial charge in [-0.15, -0.1) is 0 Å². The second-order valence-electron chi connectivity index (χ2n) is 7.15. The van der Waals surface area contributed by atoms with E-state index >= 15 is 0 Å². The van der Waals surface area contributed by atoms with Gasteiger partial charge in [-0.25, -0.2) is 9.18 Å². The lowest BCUT2D eigenvalue weighted by molar-refractivity contribution is 0.0254. The monoisotopic (exact) mass is 357 g/mol. The Balaban J connectivity index is 1.83. The Hall–Kier alpha value is -1.49. The Morgan fingerprint density at radius 3 is 2.75 bits per heavy atom. The molecule has 1 heterocycles. The zero-order valence-electron chi connectivity index (χ0n) is 14.5. The van der Waals surface area contributed by atoms with Crippen molar-refractivity contribution in [3.05, 3.63) is 29.0 Å². The summed E-state index contributed by atoms with van der Waals surface area (Å²) in [7, 11) is 0. The van der Waals surface area contributed by atoms with Gasteiger partial charge in [0.05, 0.1) is 11.6 Å². The minimum Gasteiger partial charge on any atom is -0.492 e. The maximum absolute atomic E-state index is 13.0. The third-order valence-electron chi connectivity index (χ3n) is 3.87. The van der Waals surface area contributed by atoms with Gasteiger partial charge in [0.25, 0.3) is 0 Å². The number of rotatable bonds is 3. The molecule has 1 aliphatic heterocycles. The molecular formula is C18H25ClFNO3. The highest BCUT2D eigenvalue weighted by Gasteiger charge is 2.25. The Bertz CT molecular complexity index is 574. The molecule has 0 aliphatic carbocycles. The molecule has 0 spiro atoms. The number of hydrogen-bond donors (Lipinski definition) is 0. The zero-order valence-corrected chi connectivity index (χ0v) is 15.2. The average Bonchev–Trinajstić information content (AvgIpc) is 2.70. The molecule has 0 aromatic heterocycles. The number of ether oxygens (including phenoxy) is 2. The van der Waals surface area contributed by atoms with Gasteiger partial charge in [-0.1, -0.05) is 11.6 Å². The summed E-state index contributed by atoms with van der Waals surface area (Å²) in [5.41, 5.74) is -0.481. The van der Waals surface area contributed by atoms with Gasteiger partial charge < -0.3 is 14.4 Å². The normalized spacial score (nSPS) is 18.9. The quantitative estimate of drug-likeness (QED) is 0.772. The highest BCUT2D eigenvalue weighted by Crippen LogP contribution is 2.27. The van der Waals surface area contributed by atoms with E-state index in [1.165, 1.54) is 12.1 Å². The van der Waals surface area contributed by atoms with Gasteiger partial charge in [0, 0.05) is 13.1 Å². The van der Waals surface area contributed by atoms with Crippen LogP contribution in [0.3, 0.4) is 0 Å². The highest BCUT2D eigenvalue weighted by atomic mass is 35.5. The summed E-state index contributed by atoms with van der Waals surface area (Å²) in [5.74, 6) is 0.444. The minimum absolute atomic E-state index is 0.259. The molecule has 1 aromatic carbocycles. The average molecular weight is 358 g/mol. The molecule has 4 nitrogen and oxygen atoms in total. The highest BCUT2D eigenvalue weighted by molar-refractivity contribution is 6.32. The van der Waals surface area contributed by atoms with Gasteiger partial charge in [-0.3, -0.25) is 0 Å². The van der Waals surface area contributed by atoms with Crippen LogP contribution in [0.1, 0.15) is 40.0 Å². The molecule has 0 unspecified atom stereocenters. The number of nitrogens with zero attached hydrogens (tertiary/aromatic N) is 1. The lowest BCUT2D eigenvalue weighted by Gasteiger charge is -2.26. The summed E-state index contributed by atoms with van der Waals surface area (Å²) < 4.78 is 24.2. The van der Waals surface area contributed by atoms with Crippen molar-refractivity contribution in [2.24, 2.45) is 5.92 Å². The molecular weight excluding hydrogens is 333 g/mol. The molecule has 0 saturated carbocycles. The number of likely N-dealkylation sites (tertiary alicyclic amines) is 1. The Morgan fingerprint density at radius 2 is 2.08 bits per heavy atom. The van der Waals surface area contributed by atoms with E-state index in [1.54, 1.807) is 11.0 Å². The predicted molar refractivity (Wildman–Crippen MR) is 92.1 cm³/mol. The maximum Gasteiger partial charge on any atom is 0.410 e. The molecule has 0 N–H and O–H groups in total. The molecule has 1 amide bonds. The first-order chi connectivity index (χ1) is 11.2. The van der Waals surface area contributed by atoms with E-state index in [2.05, 4.69) is 0 Å². The van der Waals surface area contributed by atoms with Crippen LogP contribution in [0.25, 0.3) is 0 Å². The first-order valence-electron chi connectivity index (χ1n) is 8.30. The first kappa shape index (κ1) is 18.8. The first-order valence-corrected chi connectivity index (χ1v) is 8.68. The lowest BCUT2D eigenvalue weighted by atomic mass is 10.0. The standard InChI is InChI=1S/C18H25ClFNO3/c1-18(2,3)24-17(22)21-9-4-5-13(8-10-21)12-23-16-7-6-14(20)11-15(16)19/h6-7,11,13H,4-5,8-10,12H2,1-3H3/t13-/m0/s1. The second kappa shape index (κ2) is 8.06. The molecule has 2 rings (SSSR count). The second-order valence-corrected chi connectivity index (χ2v) is 7.56. The molecule has 1 aromatic rings. The third-order valence-corrected chi connectivity index (χ3v) is 4.16. The van der Waals surface area contributed by atoms with Crippen LogP contribution in [0.4, 0.5) is 9.18 Å². The molecule has 1 saturated heterocycles. The van der Waals surface area contributed by atoms with E-state index in [9.17, 15) is 9.18 Å². The van der Waals surface area contributed by atoms with E-state index < -0.39 is 5.60 Å². The van der Waals surface area contributed by atoms with Crippen molar-refractivity contribution in [2.75, 3.05) is 19.7 Å². The SMILES string of the molecule is CC(C)(C)OC(=O)N1CCC[C@H](COc2ccc(F)cc2Cl)CC1. The van der Waals surface area contributed by atoms with Crippen LogP contribution in [0.5, 0.6) is 5.75 Å². The number of hydrogen-bond acceptors (Lipinski definition) is 3. The number of carbonyl (C=O) groups is 1. The molecule has 0 radical (unpaired) electrons. The van der Waals surface area contributed by atoms with Crippen molar-refractivity contribution >= 4 is 17.7 Å². The van der Waals surface area contributed by atoms with E-state index in [4.69, 9.17) is 21.1 Å². The summed E-state index contributed by atoms with van der Waals surface area (Å²) >= 11 is 5.97. The topological polar surface area (TPSA) is 38.8 Å². The third kappa shape index (κ3) is 5.86. The number of benzene rings is 1. The zero-order chi connectivity index (χ0) is 17.7. The minimum atomic E-state index is -0.481. The fraction of sp³-hybridized carbons (Fsp3) is 0.611. The van der Waals surface area contributed by atoms with Gasteiger partial charge in [-0.2, -0.15) is 0 Å². The smallest absolute Gasteiger partial charge is 0.410 e. The number of amides is 1. The summed E-state index contributed by atoms with van der Waals surface area (Å²) in [5, 5.41) is 0.277. The van der Waals surface area contributed by atoms with Crippen molar-refractivity contribution < 1.29 is 18.7 Å². The summed E-state index contributed by atoms with van der Waals surface area (Å²) in [6.07, 6.45) is 2.46. The maximum atomic E-state index is 13.0. The van der Waals surface area contributed by atoms with Gasteiger partial charge in [-0.05, 0) is 64.2 Å². The van der Waals surface area contributed by atoms with Gasteiger partial charge in [0.2, 0.25) is 0 Å². The molecule has 134 valence electrons. The molecule has 24 heavy (non-hydrogen) atoms. The van der Waals surface area contributed by atoms with Gasteiger partial charge in [0.1, 0.15) is 17.2 Å². The molecule has 0 bridgehead atoms. The van der Waals surface area contributed by atoms with Gasteiger partial charge >= 0.3 is 6.09 Å². The van der Waals surface area contributed by atoms with Crippen molar-refractivity contribution in [1.29, 1.82) is 0 Å². The Labute approximate surface area is 147 Å². The van der Waals surface area contributed by atoms with Crippen molar-refractivity contribution in [1.82, 2.24) is 4.90 Å². The number of carbonyl (C=O) groups excluding carboxylic acids is 1. The van der Waals surface area contributed by atoms with Crippen LogP contribution in [0.15, 0.2) is 18.2 Å². The van der Waals surface area contributed by atoms with Crippen LogP contribution < -0.4 is 4.74 Å². The predicted octanol–water partition coefficient (Wildman–Crippen LogP) is 4.90. The van der Waals surface area contributed by atoms with Crippen LogP contribution in [0.2, 0.25) is 5.02 Å². The fourth-order valence-corrected chi connectivity index (χ4v) is 2.86. The molecule has 6 heteroatoms. The summed E-state index contributed by atoms with van der Waals surface area (Å²) in [6.45, 7) is 7.46. The largest absolute Gasteiger partial charge is 0.492 e. The van der Waals surface area contributed by atoms with E-state index in [-0.39, 0.29) is 16.9 Å². The van der Waals surface area contributed by atoms with Gasteiger partial charge in [0.15, 0.2) is 0 Å². The van der Waals surface area contributed by atoms with Crippen LogP contribution in [-0.2, 0) is 4.74 Å². The Morgan fingerprint density at radius 1 is 1.33 bits per heavy atom. The van der Waals surface area contributed by atoms with Crippen LogP contribution >= 0.6 is 11.6 Å². The van der Waals surface area contributed by atoms with Crippen LogP contribution in [0, 0.1) is 11.7 Å². The number of halogens is 2. The van der Waals surface area contributed by atoms with Crippen LogP contribution in [-0.4, -0.2) is 36.3 Å². The van der Waals surface area contributed by atoms with E-state index in [0.717, 1.165) is 19.3 Å². The van der Waals surface area contributed by atoms with E-state index in [1.807, 2.05) is 20.8 Å². The molecule has 1 aliphatic rings. The summed E-state index contributed by atoms with van der Waals surface area (Å²) in [4.78, 5) is 13.9. The van der Waals surface area contributed by atoms with Crippen molar-refractivity contribution in [3.8, 4) is 5.75 Å². The lowest BCUT2D eigenvalue weighted by Crippen LogP contribution is -2.37. The molecule has 1 atom stereocenters. The van der Waals surface area contributed by atoms with E-state index in [0.29, 0.717) is 31.4 Å². The molecule has 1 fully saturated rings. The summed E-state index contributed by atoms with van der Waals surface area (Å²) in [6, 6.07) is 4.12. The van der Waals surface area contributed by atoms with Crippen molar-refractivity contribution in [2.45, 2.75) is 45.6 Å². The van der Waals surface area contributed by atoms with Crippen molar-refractivity contribution in [3.63, 3.8) is 0 Å². The Kier molecular flexibility index (Phi) is 6.33.